The molecule has 0 unspecified atom stereocenters. The number of benzene rings is 1. The Morgan fingerprint density at radius 2 is 2.10 bits per heavy atom. The maximum absolute atomic E-state index is 11.6. The van der Waals surface area contributed by atoms with Crippen molar-refractivity contribution >= 4 is 17.2 Å². The van der Waals surface area contributed by atoms with Crippen LogP contribution in [0.15, 0.2) is 23.6 Å². The van der Waals surface area contributed by atoms with E-state index in [2.05, 4.69) is 15.3 Å². The van der Waals surface area contributed by atoms with Gasteiger partial charge in [0.15, 0.2) is 11.5 Å². The van der Waals surface area contributed by atoms with Crippen LogP contribution in [0.5, 0.6) is 11.5 Å². The lowest BCUT2D eigenvalue weighted by molar-refractivity contribution is -0.121. The van der Waals surface area contributed by atoms with E-state index < -0.39 is 0 Å². The molecule has 1 aliphatic heterocycles. The first-order valence-corrected chi connectivity index (χ1v) is 11.2. The number of fused-ring (bicyclic) bond motifs is 1. The topological polar surface area (TPSA) is 89.1 Å². The quantitative estimate of drug-likeness (QED) is 0.493. The molecule has 0 atom stereocenters. The highest BCUT2D eigenvalue weighted by Gasteiger charge is 2.20. The van der Waals surface area contributed by atoms with Gasteiger partial charge < -0.3 is 19.8 Å². The Morgan fingerprint density at radius 1 is 1.23 bits per heavy atom. The summed E-state index contributed by atoms with van der Waals surface area (Å²) in [4.78, 5) is 24.5. The third-order valence-electron chi connectivity index (χ3n) is 4.88. The molecule has 3 heterocycles. The number of hydrogen-bond acceptors (Lipinski definition) is 6. The summed E-state index contributed by atoms with van der Waals surface area (Å²) in [7, 11) is 0. The molecule has 0 saturated heterocycles. The summed E-state index contributed by atoms with van der Waals surface area (Å²) in [6.45, 7) is 4.95. The lowest BCUT2D eigenvalue weighted by Gasteiger charge is -2.03. The van der Waals surface area contributed by atoms with Gasteiger partial charge in [0.05, 0.1) is 5.69 Å². The Kier molecular flexibility index (Phi) is 6.32. The summed E-state index contributed by atoms with van der Waals surface area (Å²) in [5.41, 5.74) is 3.78. The third-order valence-corrected chi connectivity index (χ3v) is 5.84. The van der Waals surface area contributed by atoms with Gasteiger partial charge in [-0.05, 0) is 44.4 Å². The number of nitrogens with zero attached hydrogens (tertiary/aromatic N) is 2. The van der Waals surface area contributed by atoms with Crippen molar-refractivity contribution in [1.82, 2.24) is 20.3 Å². The number of nitrogens with one attached hydrogen (secondary N) is 2. The molecule has 30 heavy (non-hydrogen) atoms. The minimum Gasteiger partial charge on any atom is -0.454 e. The average molecular weight is 427 g/mol. The molecule has 8 heteroatoms. The molecule has 0 saturated carbocycles. The van der Waals surface area contributed by atoms with Crippen LogP contribution in [0.2, 0.25) is 0 Å². The second-order valence-corrected chi connectivity index (χ2v) is 8.18. The monoisotopic (exact) mass is 426 g/mol. The average Bonchev–Trinajstić information content (AvgIpc) is 3.46. The van der Waals surface area contributed by atoms with Crippen LogP contribution >= 0.6 is 11.3 Å². The Bertz CT molecular complexity index is 1030. The number of amides is 1. The second-order valence-electron chi connectivity index (χ2n) is 7.33. The smallest absolute Gasteiger partial charge is 0.231 e. The molecule has 0 radical (unpaired) electrons. The van der Waals surface area contributed by atoms with Crippen molar-refractivity contribution in [2.24, 2.45) is 0 Å². The van der Waals surface area contributed by atoms with Gasteiger partial charge in [-0.2, -0.15) is 0 Å². The highest BCUT2D eigenvalue weighted by atomic mass is 32.1. The van der Waals surface area contributed by atoms with Crippen molar-refractivity contribution in [2.75, 3.05) is 13.3 Å². The van der Waals surface area contributed by atoms with Crippen molar-refractivity contribution < 1.29 is 14.3 Å². The maximum atomic E-state index is 11.6. The molecule has 158 valence electrons. The fourth-order valence-electron chi connectivity index (χ4n) is 3.38. The molecule has 3 aromatic rings. The number of aromatic amines is 1. The summed E-state index contributed by atoms with van der Waals surface area (Å²) in [6, 6.07) is 5.92. The number of H-pyrrole nitrogens is 1. The Hall–Kier alpha value is -2.87. The van der Waals surface area contributed by atoms with E-state index in [1.54, 1.807) is 11.3 Å². The van der Waals surface area contributed by atoms with Crippen LogP contribution < -0.4 is 14.8 Å². The highest BCUT2D eigenvalue weighted by Crippen LogP contribution is 2.38. The fourth-order valence-corrected chi connectivity index (χ4v) is 4.17. The molecular formula is C22H26N4O3S. The van der Waals surface area contributed by atoms with Crippen LogP contribution in [0.3, 0.4) is 0 Å². The summed E-state index contributed by atoms with van der Waals surface area (Å²) >= 11 is 1.59. The van der Waals surface area contributed by atoms with Crippen LogP contribution in [0.25, 0.3) is 22.0 Å². The molecule has 7 nitrogen and oxygen atoms in total. The lowest BCUT2D eigenvalue weighted by atomic mass is 10.1. The number of carbonyl (C=O) groups is 1. The number of ether oxygens (including phenoxy) is 2. The zero-order valence-electron chi connectivity index (χ0n) is 17.3. The molecular weight excluding hydrogens is 400 g/mol. The minimum atomic E-state index is 0.127. The molecule has 0 bridgehead atoms. The number of hydrogen-bond donors (Lipinski definition) is 2. The van der Waals surface area contributed by atoms with Crippen LogP contribution in [-0.4, -0.2) is 34.2 Å². The highest BCUT2D eigenvalue weighted by molar-refractivity contribution is 7.13. The van der Waals surface area contributed by atoms with E-state index in [0.717, 1.165) is 70.7 Å². The van der Waals surface area contributed by atoms with E-state index in [0.29, 0.717) is 13.0 Å². The number of thiazole rings is 1. The lowest BCUT2D eigenvalue weighted by Crippen LogP contribution is -2.23. The number of unbranched alkanes of at least 4 members (excludes halogenated alkanes) is 1. The molecule has 1 aromatic carbocycles. The third kappa shape index (κ3) is 4.64. The van der Waals surface area contributed by atoms with Gasteiger partial charge in [0, 0.05) is 36.0 Å². The maximum Gasteiger partial charge on any atom is 0.231 e. The molecule has 0 fully saturated rings. The van der Waals surface area contributed by atoms with Crippen LogP contribution in [0, 0.1) is 6.92 Å². The van der Waals surface area contributed by atoms with E-state index in [1.807, 2.05) is 37.4 Å². The van der Waals surface area contributed by atoms with Crippen molar-refractivity contribution in [3.8, 4) is 33.5 Å². The van der Waals surface area contributed by atoms with Crippen LogP contribution in [0.4, 0.5) is 0 Å². The number of rotatable bonds is 9. The number of imidazole rings is 1. The van der Waals surface area contributed by atoms with E-state index in [1.165, 1.54) is 0 Å². The first-order chi connectivity index (χ1) is 14.6. The molecule has 0 spiro atoms. The first kappa shape index (κ1) is 20.4. The van der Waals surface area contributed by atoms with Crippen LogP contribution in [0.1, 0.15) is 44.1 Å². The fraction of sp³-hybridized carbons (Fsp3) is 0.409. The number of aryl methyl sites for hydroxylation is 2. The van der Waals surface area contributed by atoms with Gasteiger partial charge in [-0.15, -0.1) is 11.3 Å². The number of aromatic nitrogens is 3. The molecule has 1 amide bonds. The Balaban J connectivity index is 1.49. The predicted molar refractivity (Wildman–Crippen MR) is 117 cm³/mol. The summed E-state index contributed by atoms with van der Waals surface area (Å²) in [5, 5.41) is 5.89. The Morgan fingerprint density at radius 3 is 2.90 bits per heavy atom. The zero-order chi connectivity index (χ0) is 20.9. The normalized spacial score (nSPS) is 12.3. The number of carbonyl (C=O) groups excluding carboxylic acids is 1. The first-order valence-electron chi connectivity index (χ1n) is 10.3. The van der Waals surface area contributed by atoms with Gasteiger partial charge in [0.1, 0.15) is 16.5 Å². The van der Waals surface area contributed by atoms with Crippen molar-refractivity contribution in [3.63, 3.8) is 0 Å². The largest absolute Gasteiger partial charge is 0.454 e. The van der Waals surface area contributed by atoms with E-state index in [4.69, 9.17) is 14.5 Å². The van der Waals surface area contributed by atoms with Gasteiger partial charge in [-0.3, -0.25) is 4.79 Å². The molecule has 0 aliphatic carbocycles. The van der Waals surface area contributed by atoms with Gasteiger partial charge in [-0.25, -0.2) is 9.97 Å². The summed E-state index contributed by atoms with van der Waals surface area (Å²) in [5.74, 6) is 2.55. The second kappa shape index (κ2) is 9.30. The molecule has 1 aliphatic rings. The van der Waals surface area contributed by atoms with Gasteiger partial charge >= 0.3 is 0 Å². The standard InChI is InChI=1S/C22H26N4O3S/c1-3-6-19(27)23-10-5-4-7-18-25-20(21(26-18)22-24-14(2)12-30-22)15-8-9-16-17(11-15)29-13-28-16/h8-9,11-12H,3-7,10,13H2,1-2H3,(H,23,27)(H,25,26). The van der Waals surface area contributed by atoms with Crippen molar-refractivity contribution in [3.05, 3.63) is 35.1 Å². The van der Waals surface area contributed by atoms with Crippen molar-refractivity contribution in [1.29, 1.82) is 0 Å². The van der Waals surface area contributed by atoms with Gasteiger partial charge in [-0.1, -0.05) is 6.92 Å². The molecule has 2 aromatic heterocycles. The summed E-state index contributed by atoms with van der Waals surface area (Å²) in [6.07, 6.45) is 4.14. The zero-order valence-corrected chi connectivity index (χ0v) is 18.1. The SMILES string of the molecule is CCCC(=O)NCCCCc1nc(-c2nc(C)cs2)c(-c2ccc3c(c2)OCO3)[nH]1. The van der Waals surface area contributed by atoms with E-state index in [9.17, 15) is 4.79 Å². The van der Waals surface area contributed by atoms with Gasteiger partial charge in [0.25, 0.3) is 0 Å². The van der Waals surface area contributed by atoms with Crippen molar-refractivity contribution in [2.45, 2.75) is 46.0 Å². The van der Waals surface area contributed by atoms with Gasteiger partial charge in [0.2, 0.25) is 12.7 Å². The molecule has 4 rings (SSSR count). The van der Waals surface area contributed by atoms with E-state index in [-0.39, 0.29) is 12.7 Å². The van der Waals surface area contributed by atoms with E-state index >= 15 is 0 Å². The summed E-state index contributed by atoms with van der Waals surface area (Å²) < 4.78 is 11.0. The van der Waals surface area contributed by atoms with Crippen LogP contribution in [-0.2, 0) is 11.2 Å². The minimum absolute atomic E-state index is 0.127. The Labute approximate surface area is 179 Å². The predicted octanol–water partition coefficient (Wildman–Crippen LogP) is 4.48. The molecule has 2 N–H and O–H groups in total.